The molecular formula is C24H18ClN5O2. The topological polar surface area (TPSA) is 74.8 Å². The third-order valence-electron chi connectivity index (χ3n) is 5.24. The molecule has 0 fully saturated rings. The number of ether oxygens (including phenoxy) is 1. The van der Waals surface area contributed by atoms with E-state index in [2.05, 4.69) is 19.9 Å². The fourth-order valence-corrected chi connectivity index (χ4v) is 3.76. The van der Waals surface area contributed by atoms with Crippen LogP contribution >= 0.6 is 11.6 Å². The van der Waals surface area contributed by atoms with Gasteiger partial charge in [0, 0.05) is 46.6 Å². The summed E-state index contributed by atoms with van der Waals surface area (Å²) in [4.78, 5) is 13.5. The van der Waals surface area contributed by atoms with Gasteiger partial charge in [0.1, 0.15) is 5.75 Å². The molecule has 0 spiro atoms. The summed E-state index contributed by atoms with van der Waals surface area (Å²) in [5.74, 6) is 1.10. The largest absolute Gasteiger partial charge is 0.497 e. The highest BCUT2D eigenvalue weighted by Crippen LogP contribution is 2.29. The molecule has 0 saturated heterocycles. The number of methoxy groups -OCH3 is 1. The van der Waals surface area contributed by atoms with E-state index in [1.54, 1.807) is 37.8 Å². The van der Waals surface area contributed by atoms with Gasteiger partial charge in [0.05, 0.1) is 18.9 Å². The van der Waals surface area contributed by atoms with E-state index in [9.17, 15) is 4.79 Å². The number of carbonyl (C=O) groups is 1. The van der Waals surface area contributed by atoms with E-state index in [1.807, 2.05) is 48.7 Å². The summed E-state index contributed by atoms with van der Waals surface area (Å²) in [6.45, 7) is 0.603. The Hall–Kier alpha value is -3.97. The molecule has 0 aliphatic heterocycles. The molecule has 0 atom stereocenters. The molecule has 5 rings (SSSR count). The van der Waals surface area contributed by atoms with Gasteiger partial charge in [-0.1, -0.05) is 23.7 Å². The van der Waals surface area contributed by atoms with Gasteiger partial charge in [0.2, 0.25) is 0 Å². The lowest BCUT2D eigenvalue weighted by molar-refractivity contribution is 0.104. The molecule has 0 N–H and O–H groups in total. The lowest BCUT2D eigenvalue weighted by atomic mass is 10.1. The molecule has 158 valence electrons. The van der Waals surface area contributed by atoms with Gasteiger partial charge in [-0.15, -0.1) is 5.10 Å². The van der Waals surface area contributed by atoms with E-state index in [1.165, 1.54) is 4.68 Å². The second-order valence-electron chi connectivity index (χ2n) is 7.26. The van der Waals surface area contributed by atoms with Crippen molar-refractivity contribution in [1.29, 1.82) is 0 Å². The Labute approximate surface area is 188 Å². The number of benzene rings is 2. The molecule has 0 unspecified atom stereocenters. The Kier molecular flexibility index (Phi) is 5.17. The number of halogens is 1. The molecule has 7 nitrogen and oxygen atoms in total. The van der Waals surface area contributed by atoms with Gasteiger partial charge in [0.15, 0.2) is 11.6 Å². The monoisotopic (exact) mass is 443 g/mol. The molecule has 0 saturated carbocycles. The van der Waals surface area contributed by atoms with E-state index in [-0.39, 0.29) is 5.78 Å². The molecule has 0 aliphatic rings. The lowest BCUT2D eigenvalue weighted by Gasteiger charge is -2.06. The maximum atomic E-state index is 13.5. The Morgan fingerprint density at radius 1 is 1.09 bits per heavy atom. The summed E-state index contributed by atoms with van der Waals surface area (Å²) in [5, 5.41) is 13.7. The van der Waals surface area contributed by atoms with Crippen molar-refractivity contribution < 1.29 is 9.53 Å². The second kappa shape index (κ2) is 8.28. The number of ketones is 1. The Bertz CT molecular complexity index is 1410. The van der Waals surface area contributed by atoms with Crippen LogP contribution < -0.4 is 4.74 Å². The highest BCUT2D eigenvalue weighted by Gasteiger charge is 2.19. The van der Waals surface area contributed by atoms with Crippen LogP contribution in [0.25, 0.3) is 16.7 Å². The van der Waals surface area contributed by atoms with E-state index < -0.39 is 0 Å². The quantitative estimate of drug-likeness (QED) is 0.360. The van der Waals surface area contributed by atoms with Crippen molar-refractivity contribution in [3.05, 3.63) is 101 Å². The Morgan fingerprint density at radius 3 is 2.69 bits per heavy atom. The van der Waals surface area contributed by atoms with Crippen LogP contribution in [0.3, 0.4) is 0 Å². The number of fused-ring (bicyclic) bond motifs is 1. The first-order valence-corrected chi connectivity index (χ1v) is 10.3. The van der Waals surface area contributed by atoms with Gasteiger partial charge < -0.3 is 9.30 Å². The minimum atomic E-state index is -0.131. The molecule has 0 radical (unpaired) electrons. The van der Waals surface area contributed by atoms with Crippen molar-refractivity contribution in [3.8, 4) is 11.6 Å². The van der Waals surface area contributed by atoms with Crippen molar-refractivity contribution in [2.24, 2.45) is 0 Å². The van der Waals surface area contributed by atoms with Crippen LogP contribution in [0.1, 0.15) is 21.5 Å². The summed E-state index contributed by atoms with van der Waals surface area (Å²) in [6.07, 6.45) is 6.66. The zero-order chi connectivity index (χ0) is 22.1. The summed E-state index contributed by atoms with van der Waals surface area (Å²) in [7, 11) is 1.61. The fraction of sp³-hybridized carbons (Fsp3) is 0.0833. The van der Waals surface area contributed by atoms with Gasteiger partial charge in [-0.3, -0.25) is 4.79 Å². The minimum Gasteiger partial charge on any atom is -0.497 e. The predicted octanol–water partition coefficient (Wildman–Crippen LogP) is 4.56. The van der Waals surface area contributed by atoms with Gasteiger partial charge in [0.25, 0.3) is 0 Å². The molecule has 5 aromatic rings. The van der Waals surface area contributed by atoms with Crippen molar-refractivity contribution in [2.75, 3.05) is 7.11 Å². The maximum Gasteiger partial charge on any atom is 0.198 e. The Balaban J connectivity index is 1.56. The summed E-state index contributed by atoms with van der Waals surface area (Å²) < 4.78 is 8.99. The number of rotatable bonds is 6. The number of hydrogen-bond acceptors (Lipinski definition) is 5. The zero-order valence-corrected chi connectivity index (χ0v) is 17.9. The molecular weight excluding hydrogens is 426 g/mol. The van der Waals surface area contributed by atoms with E-state index in [4.69, 9.17) is 16.3 Å². The van der Waals surface area contributed by atoms with E-state index in [0.717, 1.165) is 16.5 Å². The second-order valence-corrected chi connectivity index (χ2v) is 7.70. The van der Waals surface area contributed by atoms with Gasteiger partial charge in [-0.25, -0.2) is 4.68 Å². The minimum absolute atomic E-state index is 0.131. The van der Waals surface area contributed by atoms with Crippen LogP contribution in [0.2, 0.25) is 5.02 Å². The standard InChI is InChI=1S/C24H18ClN5O2/c1-32-19-8-9-22-20(11-19)21(15-29(22)13-16-4-6-18(25)7-5-16)24(31)17-12-27-30(14-17)23-3-2-10-26-28-23/h2-12,14-15H,13H2,1H3. The third-order valence-corrected chi connectivity index (χ3v) is 5.49. The Morgan fingerprint density at radius 2 is 1.94 bits per heavy atom. The van der Waals surface area contributed by atoms with Crippen LogP contribution in [-0.4, -0.2) is 37.4 Å². The highest BCUT2D eigenvalue weighted by atomic mass is 35.5. The highest BCUT2D eigenvalue weighted by molar-refractivity contribution is 6.30. The first-order valence-electron chi connectivity index (χ1n) is 9.91. The first kappa shape index (κ1) is 20.0. The molecule has 3 heterocycles. The van der Waals surface area contributed by atoms with Gasteiger partial charge >= 0.3 is 0 Å². The van der Waals surface area contributed by atoms with Crippen LogP contribution in [0, 0.1) is 0 Å². The van der Waals surface area contributed by atoms with E-state index >= 15 is 0 Å². The number of carbonyl (C=O) groups excluding carboxylic acids is 1. The molecule has 0 bridgehead atoms. The molecule has 0 amide bonds. The predicted molar refractivity (Wildman–Crippen MR) is 122 cm³/mol. The molecule has 0 aliphatic carbocycles. The average Bonchev–Trinajstić information content (AvgIpc) is 3.46. The molecule has 3 aromatic heterocycles. The van der Waals surface area contributed by atoms with E-state index in [0.29, 0.717) is 34.3 Å². The first-order chi connectivity index (χ1) is 15.6. The molecule has 2 aromatic carbocycles. The van der Waals surface area contributed by atoms with Crippen molar-refractivity contribution in [3.63, 3.8) is 0 Å². The smallest absolute Gasteiger partial charge is 0.198 e. The van der Waals surface area contributed by atoms with Crippen molar-refractivity contribution in [2.45, 2.75) is 6.54 Å². The summed E-state index contributed by atoms with van der Waals surface area (Å²) >= 11 is 6.02. The van der Waals surface area contributed by atoms with Crippen molar-refractivity contribution in [1.82, 2.24) is 24.5 Å². The molecule has 8 heteroatoms. The van der Waals surface area contributed by atoms with Crippen LogP contribution in [0.4, 0.5) is 0 Å². The SMILES string of the molecule is COc1ccc2c(c1)c(C(=O)c1cnn(-c3cccnn3)c1)cn2Cc1ccc(Cl)cc1. The van der Waals surface area contributed by atoms with Crippen LogP contribution in [0.15, 0.2) is 79.4 Å². The zero-order valence-electron chi connectivity index (χ0n) is 17.1. The average molecular weight is 444 g/mol. The number of aromatic nitrogens is 5. The molecule has 32 heavy (non-hydrogen) atoms. The number of nitrogens with zero attached hydrogens (tertiary/aromatic N) is 5. The lowest BCUT2D eigenvalue weighted by Crippen LogP contribution is -2.01. The third kappa shape index (κ3) is 3.74. The normalized spacial score (nSPS) is 11.1. The summed E-state index contributed by atoms with van der Waals surface area (Å²) in [5.41, 5.74) is 3.05. The van der Waals surface area contributed by atoms with Gasteiger partial charge in [-0.2, -0.15) is 10.2 Å². The van der Waals surface area contributed by atoms with Crippen LogP contribution in [0.5, 0.6) is 5.75 Å². The fourth-order valence-electron chi connectivity index (χ4n) is 3.64. The maximum absolute atomic E-state index is 13.5. The summed E-state index contributed by atoms with van der Waals surface area (Å²) in [6, 6.07) is 16.9. The van der Waals surface area contributed by atoms with Crippen molar-refractivity contribution >= 4 is 28.3 Å². The van der Waals surface area contributed by atoms with Gasteiger partial charge in [-0.05, 0) is 48.0 Å². The number of hydrogen-bond donors (Lipinski definition) is 0. The van der Waals surface area contributed by atoms with Crippen LogP contribution in [-0.2, 0) is 6.54 Å².